The molecule has 26 heavy (non-hydrogen) atoms. The number of guanidine groups is 1. The number of ether oxygens (including phenoxy) is 1. The van der Waals surface area contributed by atoms with Crippen LogP contribution in [-0.4, -0.2) is 18.6 Å². The van der Waals surface area contributed by atoms with Gasteiger partial charge in [0.1, 0.15) is 0 Å². The predicted molar refractivity (Wildman–Crippen MR) is 122 cm³/mol. The van der Waals surface area contributed by atoms with E-state index in [1.165, 1.54) is 20.9 Å². The van der Waals surface area contributed by atoms with Crippen molar-refractivity contribution >= 4 is 41.3 Å². The Labute approximate surface area is 178 Å². The minimum absolute atomic E-state index is 0. The number of aryl methyl sites for hydroxylation is 1. The van der Waals surface area contributed by atoms with Crippen LogP contribution < -0.4 is 10.6 Å². The van der Waals surface area contributed by atoms with E-state index in [1.54, 1.807) is 18.4 Å². The molecule has 6 heteroatoms. The highest BCUT2D eigenvalue weighted by molar-refractivity contribution is 14.0. The molecule has 0 aliphatic rings. The molecule has 2 rings (SSSR count). The monoisotopic (exact) mass is 487 g/mol. The normalized spacial score (nSPS) is 11.8. The van der Waals surface area contributed by atoms with Gasteiger partial charge in [-0.2, -0.15) is 0 Å². The smallest absolute Gasteiger partial charge is 0.191 e. The third kappa shape index (κ3) is 8.51. The van der Waals surface area contributed by atoms with Gasteiger partial charge in [0.05, 0.1) is 18.8 Å². The molecule has 1 aromatic carbocycles. The molecular formula is C20H30IN3OS. The summed E-state index contributed by atoms with van der Waals surface area (Å²) in [5, 5.41) is 6.72. The van der Waals surface area contributed by atoms with Crippen molar-refractivity contribution in [2.24, 2.45) is 4.99 Å². The van der Waals surface area contributed by atoms with E-state index in [2.05, 4.69) is 79.7 Å². The zero-order chi connectivity index (χ0) is 18.3. The van der Waals surface area contributed by atoms with E-state index in [0.717, 1.165) is 19.0 Å². The van der Waals surface area contributed by atoms with Gasteiger partial charge in [0.2, 0.25) is 0 Å². The summed E-state index contributed by atoms with van der Waals surface area (Å²) in [4.78, 5) is 6.93. The number of benzene rings is 1. The van der Waals surface area contributed by atoms with Crippen molar-refractivity contribution in [2.45, 2.75) is 53.0 Å². The molecule has 0 fully saturated rings. The first kappa shape index (κ1) is 22.9. The maximum Gasteiger partial charge on any atom is 0.191 e. The summed E-state index contributed by atoms with van der Waals surface area (Å²) in [5.41, 5.74) is 2.27. The van der Waals surface area contributed by atoms with Gasteiger partial charge in [0.15, 0.2) is 5.96 Å². The lowest BCUT2D eigenvalue weighted by molar-refractivity contribution is -0.0149. The summed E-state index contributed by atoms with van der Waals surface area (Å²) in [7, 11) is 1.79. The number of nitrogens with zero attached hydrogens (tertiary/aromatic N) is 1. The second-order valence-electron chi connectivity index (χ2n) is 7.01. The number of hydrogen-bond acceptors (Lipinski definition) is 3. The Morgan fingerprint density at radius 1 is 1.08 bits per heavy atom. The molecule has 0 unspecified atom stereocenters. The molecule has 0 aliphatic heterocycles. The van der Waals surface area contributed by atoms with Crippen LogP contribution in [0.4, 0.5) is 0 Å². The molecule has 0 radical (unpaired) electrons. The Morgan fingerprint density at radius 2 is 1.77 bits per heavy atom. The first-order valence-corrected chi connectivity index (χ1v) is 9.39. The molecule has 144 valence electrons. The zero-order valence-corrected chi connectivity index (χ0v) is 19.4. The number of thiophene rings is 1. The molecule has 0 atom stereocenters. The van der Waals surface area contributed by atoms with E-state index >= 15 is 0 Å². The number of nitrogens with one attached hydrogen (secondary N) is 2. The van der Waals surface area contributed by atoms with Crippen LogP contribution >= 0.6 is 35.3 Å². The van der Waals surface area contributed by atoms with E-state index in [1.807, 2.05) is 0 Å². The molecule has 4 nitrogen and oxygen atoms in total. The zero-order valence-electron chi connectivity index (χ0n) is 16.3. The van der Waals surface area contributed by atoms with E-state index in [4.69, 9.17) is 4.74 Å². The maximum absolute atomic E-state index is 5.85. The molecule has 2 aromatic rings. The Hall–Kier alpha value is -1.12. The van der Waals surface area contributed by atoms with Crippen LogP contribution in [-0.2, 0) is 24.4 Å². The van der Waals surface area contributed by atoms with Gasteiger partial charge in [-0.1, -0.05) is 24.3 Å². The predicted octanol–water partition coefficient (Wildman–Crippen LogP) is 4.85. The van der Waals surface area contributed by atoms with Gasteiger partial charge in [-0.25, -0.2) is 0 Å². The van der Waals surface area contributed by atoms with Crippen LogP contribution in [0.25, 0.3) is 0 Å². The highest BCUT2D eigenvalue weighted by Crippen LogP contribution is 2.15. The van der Waals surface area contributed by atoms with Crippen LogP contribution in [0.3, 0.4) is 0 Å². The summed E-state index contributed by atoms with van der Waals surface area (Å²) in [5.74, 6) is 0.808. The van der Waals surface area contributed by atoms with Crippen molar-refractivity contribution in [3.05, 3.63) is 57.3 Å². The lowest BCUT2D eigenvalue weighted by Crippen LogP contribution is -2.36. The molecule has 0 saturated heterocycles. The van der Waals surface area contributed by atoms with Gasteiger partial charge < -0.3 is 15.4 Å². The van der Waals surface area contributed by atoms with E-state index < -0.39 is 0 Å². The quantitative estimate of drug-likeness (QED) is 0.348. The third-order valence-corrected chi connectivity index (χ3v) is 4.57. The fourth-order valence-corrected chi connectivity index (χ4v) is 3.12. The van der Waals surface area contributed by atoms with Gasteiger partial charge >= 0.3 is 0 Å². The summed E-state index contributed by atoms with van der Waals surface area (Å²) < 4.78 is 5.85. The van der Waals surface area contributed by atoms with Crippen LogP contribution in [0.5, 0.6) is 0 Å². The van der Waals surface area contributed by atoms with Crippen molar-refractivity contribution in [3.63, 3.8) is 0 Å². The molecule has 0 bridgehead atoms. The van der Waals surface area contributed by atoms with Crippen LogP contribution in [0, 0.1) is 6.92 Å². The second kappa shape index (κ2) is 10.9. The summed E-state index contributed by atoms with van der Waals surface area (Å²) in [6, 6.07) is 12.8. The van der Waals surface area contributed by atoms with Gasteiger partial charge in [-0.05, 0) is 51.0 Å². The number of halogens is 1. The van der Waals surface area contributed by atoms with Crippen molar-refractivity contribution in [2.75, 3.05) is 7.05 Å². The van der Waals surface area contributed by atoms with Gasteiger partial charge in [-0.15, -0.1) is 35.3 Å². The maximum atomic E-state index is 5.85. The average Bonchev–Trinajstić information content (AvgIpc) is 2.98. The van der Waals surface area contributed by atoms with E-state index in [9.17, 15) is 0 Å². The number of rotatable bonds is 6. The van der Waals surface area contributed by atoms with Crippen LogP contribution in [0.2, 0.25) is 0 Å². The molecule has 1 aromatic heterocycles. The van der Waals surface area contributed by atoms with Crippen LogP contribution in [0.15, 0.2) is 41.4 Å². The lowest BCUT2D eigenvalue weighted by atomic mass is 10.1. The Morgan fingerprint density at radius 3 is 2.38 bits per heavy atom. The summed E-state index contributed by atoms with van der Waals surface area (Å²) >= 11 is 1.80. The third-order valence-electron chi connectivity index (χ3n) is 3.57. The first-order valence-electron chi connectivity index (χ1n) is 8.57. The molecule has 1 heterocycles. The van der Waals surface area contributed by atoms with Crippen LogP contribution in [0.1, 0.15) is 41.7 Å². The molecule has 2 N–H and O–H groups in total. The van der Waals surface area contributed by atoms with Crippen molar-refractivity contribution in [1.29, 1.82) is 0 Å². The summed E-state index contributed by atoms with van der Waals surface area (Å²) in [6.45, 7) is 10.5. The Balaban J connectivity index is 0.00000338. The molecule has 0 saturated carbocycles. The van der Waals surface area contributed by atoms with Gasteiger partial charge in [0.25, 0.3) is 0 Å². The van der Waals surface area contributed by atoms with Crippen molar-refractivity contribution < 1.29 is 4.74 Å². The standard InChI is InChI=1S/C20H29N3OS.HI/c1-15-9-10-18(25-15)13-23-19(21-5)22-12-16-7-6-8-17(11-16)14-24-20(2,3)4;/h6-11H,12-14H2,1-5H3,(H2,21,22,23);1H. The van der Waals surface area contributed by atoms with Gasteiger partial charge in [-0.3, -0.25) is 4.99 Å². The lowest BCUT2D eigenvalue weighted by Gasteiger charge is -2.19. The minimum Gasteiger partial charge on any atom is -0.371 e. The largest absolute Gasteiger partial charge is 0.371 e. The second-order valence-corrected chi connectivity index (χ2v) is 8.39. The fourth-order valence-electron chi connectivity index (χ4n) is 2.29. The average molecular weight is 487 g/mol. The molecule has 0 spiro atoms. The van der Waals surface area contributed by atoms with Gasteiger partial charge in [0, 0.05) is 23.3 Å². The number of aliphatic imine (C=N–C) groups is 1. The summed E-state index contributed by atoms with van der Waals surface area (Å²) in [6.07, 6.45) is 0. The van der Waals surface area contributed by atoms with E-state index in [-0.39, 0.29) is 29.6 Å². The highest BCUT2D eigenvalue weighted by atomic mass is 127. The molecule has 0 amide bonds. The molecule has 0 aliphatic carbocycles. The van der Waals surface area contributed by atoms with Crippen molar-refractivity contribution in [3.8, 4) is 0 Å². The highest BCUT2D eigenvalue weighted by Gasteiger charge is 2.10. The molecular weight excluding hydrogens is 457 g/mol. The van der Waals surface area contributed by atoms with E-state index in [0.29, 0.717) is 6.61 Å². The minimum atomic E-state index is -0.125. The first-order chi connectivity index (χ1) is 11.9. The Bertz CT molecular complexity index is 707. The number of hydrogen-bond donors (Lipinski definition) is 2. The topological polar surface area (TPSA) is 45.7 Å². The SMILES string of the molecule is CN=C(NCc1cccc(COC(C)(C)C)c1)NCc1ccc(C)s1.I. The fraction of sp³-hybridized carbons (Fsp3) is 0.450. The Kier molecular flexibility index (Phi) is 9.60. The van der Waals surface area contributed by atoms with Crippen molar-refractivity contribution in [1.82, 2.24) is 10.6 Å².